The summed E-state index contributed by atoms with van der Waals surface area (Å²) in [4.78, 5) is 2.53. The molecule has 0 aliphatic heterocycles. The number of alkyl halides is 1. The van der Waals surface area contributed by atoms with E-state index in [0.29, 0.717) is 0 Å². The summed E-state index contributed by atoms with van der Waals surface area (Å²) in [6.07, 6.45) is 0. The molecule has 1 unspecified atom stereocenters. The smallest absolute Gasteiger partial charge is 0.0927 e. The summed E-state index contributed by atoms with van der Waals surface area (Å²) in [5, 5.41) is -0.0106. The Morgan fingerprint density at radius 3 is 2.53 bits per heavy atom. The molecule has 2 rings (SSSR count). The Hall–Kier alpha value is -0.790. The van der Waals surface area contributed by atoms with Crippen LogP contribution in [0.3, 0.4) is 0 Å². The third-order valence-corrected chi connectivity index (χ3v) is 4.03. The summed E-state index contributed by atoms with van der Waals surface area (Å²) in [7, 11) is 0. The van der Waals surface area contributed by atoms with Crippen molar-refractivity contribution in [1.29, 1.82) is 0 Å². The lowest BCUT2D eigenvalue weighted by atomic mass is 10.1. The van der Waals surface area contributed by atoms with Gasteiger partial charge in [0, 0.05) is 9.75 Å². The van der Waals surface area contributed by atoms with E-state index in [1.165, 1.54) is 20.9 Å². The average molecular weight is 237 g/mol. The molecule has 0 bridgehead atoms. The molecule has 0 fully saturated rings. The number of hydrogen-bond acceptors (Lipinski definition) is 1. The van der Waals surface area contributed by atoms with E-state index < -0.39 is 0 Å². The molecule has 15 heavy (non-hydrogen) atoms. The van der Waals surface area contributed by atoms with Crippen LogP contribution in [0.1, 0.15) is 26.3 Å². The van der Waals surface area contributed by atoms with Crippen LogP contribution in [-0.2, 0) is 0 Å². The largest absolute Gasteiger partial charge is 0.144 e. The second kappa shape index (κ2) is 4.38. The lowest BCUT2D eigenvalue weighted by molar-refractivity contribution is 1.17. The zero-order valence-electron chi connectivity index (χ0n) is 8.83. The minimum absolute atomic E-state index is 0.0106. The van der Waals surface area contributed by atoms with Crippen molar-refractivity contribution in [3.63, 3.8) is 0 Å². The van der Waals surface area contributed by atoms with Crippen molar-refractivity contribution in [2.24, 2.45) is 0 Å². The Morgan fingerprint density at radius 1 is 1.13 bits per heavy atom. The molecule has 0 spiro atoms. The highest BCUT2D eigenvalue weighted by atomic mass is 35.5. The second-order valence-electron chi connectivity index (χ2n) is 3.73. The maximum atomic E-state index is 6.43. The van der Waals surface area contributed by atoms with E-state index >= 15 is 0 Å². The average Bonchev–Trinajstić information content (AvgIpc) is 2.64. The number of benzene rings is 1. The zero-order chi connectivity index (χ0) is 10.8. The molecule has 0 radical (unpaired) electrons. The molecule has 0 saturated heterocycles. The standard InChI is InChI=1S/C13H13ClS/c1-9-4-3-5-11(8-9)13(14)12-7-6-10(2)15-12/h3-8,13H,1-2H3. The van der Waals surface area contributed by atoms with E-state index in [-0.39, 0.29) is 5.38 Å². The molecule has 78 valence electrons. The van der Waals surface area contributed by atoms with Gasteiger partial charge in [0.05, 0.1) is 5.38 Å². The highest BCUT2D eigenvalue weighted by Crippen LogP contribution is 2.33. The van der Waals surface area contributed by atoms with E-state index in [4.69, 9.17) is 11.6 Å². The van der Waals surface area contributed by atoms with Gasteiger partial charge >= 0.3 is 0 Å². The monoisotopic (exact) mass is 236 g/mol. The lowest BCUT2D eigenvalue weighted by Gasteiger charge is -2.08. The predicted molar refractivity (Wildman–Crippen MR) is 67.9 cm³/mol. The van der Waals surface area contributed by atoms with Crippen LogP contribution >= 0.6 is 22.9 Å². The number of hydrogen-bond donors (Lipinski definition) is 0. The van der Waals surface area contributed by atoms with E-state index in [0.717, 1.165) is 0 Å². The zero-order valence-corrected chi connectivity index (χ0v) is 10.4. The number of aryl methyl sites for hydroxylation is 2. The third kappa shape index (κ3) is 2.42. The summed E-state index contributed by atoms with van der Waals surface area (Å²) < 4.78 is 0. The normalized spacial score (nSPS) is 12.7. The van der Waals surface area contributed by atoms with Crippen LogP contribution < -0.4 is 0 Å². The molecule has 1 aromatic carbocycles. The van der Waals surface area contributed by atoms with E-state index in [2.05, 4.69) is 50.2 Å². The first-order valence-corrected chi connectivity index (χ1v) is 6.19. The van der Waals surface area contributed by atoms with Crippen molar-refractivity contribution < 1.29 is 0 Å². The van der Waals surface area contributed by atoms with Gasteiger partial charge in [0.1, 0.15) is 0 Å². The number of thiophene rings is 1. The molecular formula is C13H13ClS. The van der Waals surface area contributed by atoms with Gasteiger partial charge in [-0.3, -0.25) is 0 Å². The molecular weight excluding hydrogens is 224 g/mol. The van der Waals surface area contributed by atoms with Crippen LogP contribution in [0.4, 0.5) is 0 Å². The third-order valence-electron chi connectivity index (χ3n) is 2.35. The Balaban J connectivity index is 2.32. The van der Waals surface area contributed by atoms with Crippen molar-refractivity contribution in [3.8, 4) is 0 Å². The van der Waals surface area contributed by atoms with Crippen molar-refractivity contribution >= 4 is 22.9 Å². The molecule has 0 saturated carbocycles. The molecule has 1 atom stereocenters. The van der Waals surface area contributed by atoms with Gasteiger partial charge < -0.3 is 0 Å². The summed E-state index contributed by atoms with van der Waals surface area (Å²) in [6.45, 7) is 4.20. The Kier molecular flexibility index (Phi) is 3.13. The molecule has 0 N–H and O–H groups in total. The maximum Gasteiger partial charge on any atom is 0.0927 e. The van der Waals surface area contributed by atoms with Gasteiger partial charge in [-0.25, -0.2) is 0 Å². The Morgan fingerprint density at radius 2 is 1.93 bits per heavy atom. The molecule has 0 aliphatic rings. The minimum atomic E-state index is -0.0106. The van der Waals surface area contributed by atoms with Gasteiger partial charge in [0.15, 0.2) is 0 Å². The minimum Gasteiger partial charge on any atom is -0.144 e. The fourth-order valence-electron chi connectivity index (χ4n) is 1.58. The molecule has 2 aromatic rings. The lowest BCUT2D eigenvalue weighted by Crippen LogP contribution is -1.90. The maximum absolute atomic E-state index is 6.43. The summed E-state index contributed by atoms with van der Waals surface area (Å²) in [5.41, 5.74) is 2.44. The first-order chi connectivity index (χ1) is 7.16. The van der Waals surface area contributed by atoms with Crippen molar-refractivity contribution in [3.05, 3.63) is 57.3 Å². The highest BCUT2D eigenvalue weighted by Gasteiger charge is 2.12. The molecule has 0 aliphatic carbocycles. The van der Waals surface area contributed by atoms with Crippen LogP contribution in [-0.4, -0.2) is 0 Å². The van der Waals surface area contributed by atoms with Crippen LogP contribution in [0.15, 0.2) is 36.4 Å². The van der Waals surface area contributed by atoms with E-state index in [1.807, 2.05) is 0 Å². The molecule has 1 heterocycles. The van der Waals surface area contributed by atoms with Crippen molar-refractivity contribution in [2.45, 2.75) is 19.2 Å². The highest BCUT2D eigenvalue weighted by molar-refractivity contribution is 7.12. The van der Waals surface area contributed by atoms with Crippen molar-refractivity contribution in [1.82, 2.24) is 0 Å². The SMILES string of the molecule is Cc1cccc(C(Cl)c2ccc(C)s2)c1. The van der Waals surface area contributed by atoms with E-state index in [9.17, 15) is 0 Å². The fourth-order valence-corrected chi connectivity index (χ4v) is 2.81. The molecule has 1 aromatic heterocycles. The van der Waals surface area contributed by atoms with Crippen LogP contribution in [0.5, 0.6) is 0 Å². The van der Waals surface area contributed by atoms with Gasteiger partial charge in [-0.2, -0.15) is 0 Å². The quantitative estimate of drug-likeness (QED) is 0.664. The predicted octanol–water partition coefficient (Wildman–Crippen LogP) is 4.69. The number of halogens is 1. The molecule has 0 nitrogen and oxygen atoms in total. The fraction of sp³-hybridized carbons (Fsp3) is 0.231. The topological polar surface area (TPSA) is 0 Å². The van der Waals surface area contributed by atoms with Crippen LogP contribution in [0.2, 0.25) is 0 Å². The summed E-state index contributed by atoms with van der Waals surface area (Å²) >= 11 is 8.19. The van der Waals surface area contributed by atoms with Gasteiger partial charge in [-0.1, -0.05) is 29.8 Å². The van der Waals surface area contributed by atoms with Gasteiger partial charge in [0.2, 0.25) is 0 Å². The Bertz CT molecular complexity index is 459. The summed E-state index contributed by atoms with van der Waals surface area (Å²) in [6, 6.07) is 12.6. The second-order valence-corrected chi connectivity index (χ2v) is 5.48. The van der Waals surface area contributed by atoms with Crippen molar-refractivity contribution in [2.75, 3.05) is 0 Å². The first kappa shape index (κ1) is 10.7. The van der Waals surface area contributed by atoms with Crippen LogP contribution in [0.25, 0.3) is 0 Å². The van der Waals surface area contributed by atoms with Gasteiger partial charge in [-0.05, 0) is 31.5 Å². The Labute approximate surface area is 99.5 Å². The molecule has 0 amide bonds. The molecule has 2 heteroatoms. The van der Waals surface area contributed by atoms with E-state index in [1.54, 1.807) is 11.3 Å². The van der Waals surface area contributed by atoms with Crippen LogP contribution in [0, 0.1) is 13.8 Å². The first-order valence-electron chi connectivity index (χ1n) is 4.94. The summed E-state index contributed by atoms with van der Waals surface area (Å²) in [5.74, 6) is 0. The van der Waals surface area contributed by atoms with Gasteiger partial charge in [0.25, 0.3) is 0 Å². The van der Waals surface area contributed by atoms with Gasteiger partial charge in [-0.15, -0.1) is 22.9 Å². The number of rotatable bonds is 2.